The van der Waals surface area contributed by atoms with Gasteiger partial charge < -0.3 is 4.57 Å². The van der Waals surface area contributed by atoms with Gasteiger partial charge in [-0.1, -0.05) is 55.8 Å². The lowest BCUT2D eigenvalue weighted by Crippen LogP contribution is -2.28. The van der Waals surface area contributed by atoms with Crippen LogP contribution in [0.3, 0.4) is 0 Å². The molecule has 1 fully saturated rings. The second-order valence-electron chi connectivity index (χ2n) is 9.78. The van der Waals surface area contributed by atoms with E-state index in [1.807, 2.05) is 48.5 Å². The van der Waals surface area contributed by atoms with E-state index in [-0.39, 0.29) is 5.91 Å². The van der Waals surface area contributed by atoms with E-state index < -0.39 is 0 Å². The Morgan fingerprint density at radius 1 is 0.872 bits per heavy atom. The molecule has 2 heterocycles. The molecular weight excluding hydrogens is 522 g/mol. The van der Waals surface area contributed by atoms with Crippen molar-refractivity contribution in [3.63, 3.8) is 0 Å². The van der Waals surface area contributed by atoms with Gasteiger partial charge in [-0.2, -0.15) is 0 Å². The number of aryl methyl sites for hydroxylation is 4. The molecule has 0 radical (unpaired) electrons. The average molecular weight is 554 g/mol. The van der Waals surface area contributed by atoms with Crippen LogP contribution >= 0.6 is 23.4 Å². The largest absolute Gasteiger partial charge is 0.318 e. The van der Waals surface area contributed by atoms with Crippen LogP contribution in [0.1, 0.15) is 47.5 Å². The second kappa shape index (κ2) is 11.3. The molecule has 6 heteroatoms. The number of nitrogens with zero attached hydrogens (tertiary/aromatic N) is 3. The Hall–Kier alpha value is -3.54. The van der Waals surface area contributed by atoms with Gasteiger partial charge >= 0.3 is 0 Å². The molecule has 0 spiro atoms. The van der Waals surface area contributed by atoms with Crippen LogP contribution in [-0.4, -0.2) is 15.6 Å². The standard InChI is InChI=1S/C33H32ClN3OS/c1-6-24-9-14-28(15-10-24)35-33-37(29-16-11-25(7-2)12-17-29)32(38)31(39-33)19-26-18-22(4)36(23(26)5)30-20-27(34)13-8-21(30)3/h8-20H,6-7H2,1-5H3/b31-19-,35-33?. The fourth-order valence-corrected chi connectivity index (χ4v) is 6.00. The fourth-order valence-electron chi connectivity index (χ4n) is 4.84. The van der Waals surface area contributed by atoms with Gasteiger partial charge in [0.25, 0.3) is 5.91 Å². The van der Waals surface area contributed by atoms with E-state index in [0.29, 0.717) is 15.1 Å². The van der Waals surface area contributed by atoms with Gasteiger partial charge in [0.05, 0.1) is 16.3 Å². The first-order valence-corrected chi connectivity index (χ1v) is 14.4. The van der Waals surface area contributed by atoms with Crippen LogP contribution < -0.4 is 4.90 Å². The molecule has 1 aliphatic rings. The predicted molar refractivity (Wildman–Crippen MR) is 167 cm³/mol. The number of amidine groups is 1. The van der Waals surface area contributed by atoms with E-state index in [1.165, 1.54) is 22.9 Å². The highest BCUT2D eigenvalue weighted by Crippen LogP contribution is 2.38. The quantitative estimate of drug-likeness (QED) is 0.223. The predicted octanol–water partition coefficient (Wildman–Crippen LogP) is 8.99. The molecule has 198 valence electrons. The summed E-state index contributed by atoms with van der Waals surface area (Å²) in [5, 5.41) is 1.35. The third kappa shape index (κ3) is 5.47. The molecule has 0 unspecified atom stereocenters. The minimum Gasteiger partial charge on any atom is -0.318 e. The molecule has 0 atom stereocenters. The van der Waals surface area contributed by atoms with Crippen LogP contribution in [0.4, 0.5) is 11.4 Å². The van der Waals surface area contributed by atoms with E-state index in [9.17, 15) is 4.79 Å². The number of anilines is 1. The summed E-state index contributed by atoms with van der Waals surface area (Å²) in [6.07, 6.45) is 3.91. The van der Waals surface area contributed by atoms with Gasteiger partial charge in [0, 0.05) is 22.1 Å². The molecule has 1 aromatic heterocycles. The lowest BCUT2D eigenvalue weighted by atomic mass is 10.1. The Morgan fingerprint density at radius 3 is 2.15 bits per heavy atom. The van der Waals surface area contributed by atoms with Gasteiger partial charge in [0.2, 0.25) is 0 Å². The molecule has 1 saturated heterocycles. The number of rotatable bonds is 6. The highest BCUT2D eigenvalue weighted by atomic mass is 35.5. The van der Waals surface area contributed by atoms with E-state index >= 15 is 0 Å². The van der Waals surface area contributed by atoms with E-state index in [4.69, 9.17) is 16.6 Å². The SMILES string of the molecule is CCc1ccc(N=C2S/C(=C\c3cc(C)n(-c4cc(Cl)ccc4C)c3C)C(=O)N2c2ccc(CC)cc2)cc1. The topological polar surface area (TPSA) is 37.6 Å². The van der Waals surface area contributed by atoms with Crippen molar-refractivity contribution < 1.29 is 4.79 Å². The van der Waals surface area contributed by atoms with Gasteiger partial charge in [-0.25, -0.2) is 4.99 Å². The summed E-state index contributed by atoms with van der Waals surface area (Å²) in [5.41, 5.74) is 9.44. The normalized spacial score (nSPS) is 15.6. The van der Waals surface area contributed by atoms with Crippen LogP contribution in [0.5, 0.6) is 0 Å². The smallest absolute Gasteiger partial charge is 0.271 e. The van der Waals surface area contributed by atoms with Crippen molar-refractivity contribution in [1.29, 1.82) is 0 Å². The number of aliphatic imine (C=N–C) groups is 1. The lowest BCUT2D eigenvalue weighted by molar-refractivity contribution is -0.113. The highest BCUT2D eigenvalue weighted by Gasteiger charge is 2.35. The fraction of sp³-hybridized carbons (Fsp3) is 0.212. The number of carbonyl (C=O) groups excluding carboxylic acids is 1. The molecule has 4 aromatic rings. The first-order chi connectivity index (χ1) is 18.8. The number of halogens is 1. The number of thioether (sulfide) groups is 1. The van der Waals surface area contributed by atoms with Crippen LogP contribution in [0, 0.1) is 20.8 Å². The Bertz CT molecular complexity index is 1600. The minimum atomic E-state index is -0.0723. The third-order valence-corrected chi connectivity index (χ3v) is 8.35. The number of hydrogen-bond acceptors (Lipinski definition) is 3. The van der Waals surface area contributed by atoms with Gasteiger partial charge in [-0.05, 0) is 116 Å². The summed E-state index contributed by atoms with van der Waals surface area (Å²) in [6, 6.07) is 24.4. The first kappa shape index (κ1) is 27.0. The Kier molecular flexibility index (Phi) is 7.83. The van der Waals surface area contributed by atoms with Crippen molar-refractivity contribution in [2.75, 3.05) is 4.90 Å². The Morgan fingerprint density at radius 2 is 1.51 bits per heavy atom. The summed E-state index contributed by atoms with van der Waals surface area (Å²) < 4.78 is 2.20. The lowest BCUT2D eigenvalue weighted by Gasteiger charge is -2.16. The maximum Gasteiger partial charge on any atom is 0.271 e. The Balaban J connectivity index is 1.57. The van der Waals surface area contributed by atoms with Crippen LogP contribution in [-0.2, 0) is 17.6 Å². The van der Waals surface area contributed by atoms with Crippen LogP contribution in [0.15, 0.2) is 82.7 Å². The van der Waals surface area contributed by atoms with E-state index in [1.54, 1.807) is 4.90 Å². The van der Waals surface area contributed by atoms with Crippen molar-refractivity contribution >= 4 is 51.9 Å². The molecular formula is C33H32ClN3OS. The maximum atomic E-state index is 13.9. The van der Waals surface area contributed by atoms with Gasteiger partial charge in [0.15, 0.2) is 5.17 Å². The van der Waals surface area contributed by atoms with E-state index in [2.05, 4.69) is 69.5 Å². The molecule has 0 N–H and O–H groups in total. The Labute approximate surface area is 240 Å². The zero-order valence-corrected chi connectivity index (χ0v) is 24.5. The maximum absolute atomic E-state index is 13.9. The molecule has 5 rings (SSSR count). The first-order valence-electron chi connectivity index (χ1n) is 13.2. The van der Waals surface area contributed by atoms with Crippen LogP contribution in [0.25, 0.3) is 11.8 Å². The number of amides is 1. The van der Waals surface area contributed by atoms with Crippen molar-refractivity contribution in [3.05, 3.63) is 116 Å². The van der Waals surface area contributed by atoms with Gasteiger partial charge in [-0.3, -0.25) is 9.69 Å². The molecule has 0 aliphatic carbocycles. The highest BCUT2D eigenvalue weighted by molar-refractivity contribution is 8.19. The number of benzene rings is 3. The average Bonchev–Trinajstić information content (AvgIpc) is 3.39. The zero-order chi connectivity index (χ0) is 27.7. The van der Waals surface area contributed by atoms with Crippen molar-refractivity contribution in [1.82, 2.24) is 4.57 Å². The molecule has 1 amide bonds. The van der Waals surface area contributed by atoms with Gasteiger partial charge in [0.1, 0.15) is 0 Å². The van der Waals surface area contributed by atoms with Crippen LogP contribution in [0.2, 0.25) is 5.02 Å². The number of carbonyl (C=O) groups is 1. The molecule has 0 saturated carbocycles. The van der Waals surface area contributed by atoms with E-state index in [0.717, 1.165) is 52.4 Å². The number of aromatic nitrogens is 1. The second-order valence-corrected chi connectivity index (χ2v) is 11.2. The monoisotopic (exact) mass is 553 g/mol. The summed E-state index contributed by atoms with van der Waals surface area (Å²) in [6.45, 7) is 10.5. The molecule has 39 heavy (non-hydrogen) atoms. The third-order valence-electron chi connectivity index (χ3n) is 7.15. The van der Waals surface area contributed by atoms with Crippen molar-refractivity contribution in [2.45, 2.75) is 47.5 Å². The molecule has 4 nitrogen and oxygen atoms in total. The summed E-state index contributed by atoms with van der Waals surface area (Å²) in [5.74, 6) is -0.0723. The van der Waals surface area contributed by atoms with Gasteiger partial charge in [-0.15, -0.1) is 0 Å². The minimum absolute atomic E-state index is 0.0723. The summed E-state index contributed by atoms with van der Waals surface area (Å²) >= 11 is 7.75. The molecule has 1 aliphatic heterocycles. The molecule has 0 bridgehead atoms. The summed E-state index contributed by atoms with van der Waals surface area (Å²) in [4.78, 5) is 21.2. The number of hydrogen-bond donors (Lipinski definition) is 0. The molecule has 3 aromatic carbocycles. The zero-order valence-electron chi connectivity index (χ0n) is 23.0. The van der Waals surface area contributed by atoms with Crippen molar-refractivity contribution in [3.8, 4) is 5.69 Å². The summed E-state index contributed by atoms with van der Waals surface area (Å²) in [7, 11) is 0. The van der Waals surface area contributed by atoms with Crippen molar-refractivity contribution in [2.24, 2.45) is 4.99 Å².